The summed E-state index contributed by atoms with van der Waals surface area (Å²) in [6.45, 7) is 14.6. The highest BCUT2D eigenvalue weighted by atomic mass is 19.4. The van der Waals surface area contributed by atoms with E-state index in [0.29, 0.717) is 42.3 Å². The van der Waals surface area contributed by atoms with Gasteiger partial charge in [-0.1, -0.05) is 18.2 Å². The van der Waals surface area contributed by atoms with Gasteiger partial charge in [0.15, 0.2) is 11.8 Å². The summed E-state index contributed by atoms with van der Waals surface area (Å²) >= 11 is 0. The molecule has 0 N–H and O–H groups in total. The molecule has 1 aliphatic heterocycles. The van der Waals surface area contributed by atoms with Crippen molar-refractivity contribution in [2.45, 2.75) is 77.5 Å². The van der Waals surface area contributed by atoms with Crippen LogP contribution in [-0.4, -0.2) is 64.8 Å². The van der Waals surface area contributed by atoms with Crippen LogP contribution in [0.25, 0.3) is 5.65 Å². The topological polar surface area (TPSA) is 87.4 Å². The third-order valence-electron chi connectivity index (χ3n) is 7.78. The second-order valence-electron chi connectivity index (χ2n) is 11.3. The Kier molecular flexibility index (Phi) is 11.4. The van der Waals surface area contributed by atoms with Crippen LogP contribution in [0, 0.1) is 12.7 Å². The Morgan fingerprint density at radius 2 is 1.89 bits per heavy atom. The molecule has 3 aromatic rings. The Hall–Kier alpha value is -3.97. The molecule has 1 atom stereocenters. The highest BCUT2D eigenvalue weighted by molar-refractivity contribution is 5.76. The van der Waals surface area contributed by atoms with Crippen LogP contribution in [0.5, 0.6) is 5.75 Å². The number of piperidine rings is 1. The van der Waals surface area contributed by atoms with E-state index in [4.69, 9.17) is 29.0 Å². The van der Waals surface area contributed by atoms with E-state index in [9.17, 15) is 22.4 Å². The highest BCUT2D eigenvalue weighted by Crippen LogP contribution is 2.33. The molecular weight excluding hydrogens is 608 g/mol. The molecule has 0 radical (unpaired) electrons. The average molecular weight is 649 g/mol. The predicted octanol–water partition coefficient (Wildman–Crippen LogP) is 6.45. The molecule has 0 spiro atoms. The summed E-state index contributed by atoms with van der Waals surface area (Å²) in [5.41, 5.74) is 2.32. The van der Waals surface area contributed by atoms with Crippen LogP contribution in [0.2, 0.25) is 0 Å². The minimum absolute atomic E-state index is 0.0164. The van der Waals surface area contributed by atoms with E-state index in [1.165, 1.54) is 6.07 Å². The number of nitrogens with zero attached hydrogens (tertiary/aromatic N) is 4. The molecule has 0 bridgehead atoms. The van der Waals surface area contributed by atoms with Gasteiger partial charge < -0.3 is 23.8 Å². The summed E-state index contributed by atoms with van der Waals surface area (Å²) in [6.07, 6.45) is -3.03. The fraction of sp³-hybridized carbons (Fsp3) is 0.485. The van der Waals surface area contributed by atoms with Crippen molar-refractivity contribution in [3.05, 3.63) is 77.9 Å². The molecule has 13 heteroatoms. The summed E-state index contributed by atoms with van der Waals surface area (Å²) in [6, 6.07) is 5.10. The molecule has 1 aromatic carbocycles. The number of aryl methyl sites for hydroxylation is 1. The molecule has 1 aliphatic rings. The number of ether oxygens (including phenoxy) is 4. The zero-order valence-corrected chi connectivity index (χ0v) is 26.4. The normalized spacial score (nSPS) is 15.5. The maximum Gasteiger partial charge on any atom is 0.425 e. The third kappa shape index (κ3) is 8.64. The van der Waals surface area contributed by atoms with Crippen LogP contribution >= 0.6 is 0 Å². The van der Waals surface area contributed by atoms with Crippen LogP contribution in [0.4, 0.5) is 23.4 Å². The van der Waals surface area contributed by atoms with Crippen molar-refractivity contribution in [2.24, 2.45) is 0 Å². The molecule has 9 nitrogen and oxygen atoms in total. The second kappa shape index (κ2) is 15.1. The minimum atomic E-state index is -4.67. The first-order valence-electron chi connectivity index (χ1n) is 15.1. The van der Waals surface area contributed by atoms with Crippen LogP contribution in [0.15, 0.2) is 49.6 Å². The van der Waals surface area contributed by atoms with Crippen LogP contribution < -0.4 is 9.64 Å². The van der Waals surface area contributed by atoms with Gasteiger partial charge in [0.25, 0.3) is 0 Å². The number of alkyl halides is 3. The molecule has 250 valence electrons. The van der Waals surface area contributed by atoms with E-state index in [2.05, 4.69) is 25.0 Å². The van der Waals surface area contributed by atoms with Gasteiger partial charge in [0, 0.05) is 48.5 Å². The zero-order chi connectivity index (χ0) is 33.5. The van der Waals surface area contributed by atoms with E-state index >= 15 is 0 Å². The van der Waals surface area contributed by atoms with Gasteiger partial charge in [-0.05, 0) is 39.7 Å². The standard InChI is InChI=1S/C33H40F4N4O5/c1-6-9-28(33(35,36)37)46-27-17-24(34)11-10-23(27)20-43-21-25-18-29-38-22(4)26(19-30(42)44-8-3)31(41(29)39-25)40-14-12-32(5,13-15-40)45-16-7-2/h6-7,10-11,17-18,28H,1-2,8-9,12-16,19-21H2,3-5H3. The first-order chi connectivity index (χ1) is 21.9. The fourth-order valence-electron chi connectivity index (χ4n) is 5.31. The molecule has 3 heterocycles. The number of aromatic nitrogens is 3. The lowest BCUT2D eigenvalue weighted by molar-refractivity contribution is -0.194. The lowest BCUT2D eigenvalue weighted by atomic mass is 9.93. The van der Waals surface area contributed by atoms with Gasteiger partial charge in [0.2, 0.25) is 0 Å². The molecule has 2 aromatic heterocycles. The van der Waals surface area contributed by atoms with Gasteiger partial charge in [-0.3, -0.25) is 4.79 Å². The lowest BCUT2D eigenvalue weighted by Crippen LogP contribution is -2.45. The Morgan fingerprint density at radius 3 is 2.54 bits per heavy atom. The molecule has 46 heavy (non-hydrogen) atoms. The van der Waals surface area contributed by atoms with E-state index in [1.807, 2.05) is 6.92 Å². The number of carbonyl (C=O) groups is 1. The van der Waals surface area contributed by atoms with Gasteiger partial charge in [-0.25, -0.2) is 9.37 Å². The second-order valence-corrected chi connectivity index (χ2v) is 11.3. The molecule has 0 saturated carbocycles. The van der Waals surface area contributed by atoms with Gasteiger partial charge >= 0.3 is 12.1 Å². The molecule has 1 saturated heterocycles. The van der Waals surface area contributed by atoms with Crippen molar-refractivity contribution < 1.29 is 41.3 Å². The Bertz CT molecular complexity index is 1530. The summed E-state index contributed by atoms with van der Waals surface area (Å²) in [7, 11) is 0. The summed E-state index contributed by atoms with van der Waals surface area (Å²) in [5, 5.41) is 4.74. The molecule has 4 rings (SSSR count). The van der Waals surface area contributed by atoms with Crippen molar-refractivity contribution >= 4 is 17.4 Å². The van der Waals surface area contributed by atoms with Crippen LogP contribution in [0.3, 0.4) is 0 Å². The van der Waals surface area contributed by atoms with Crippen molar-refractivity contribution in [1.29, 1.82) is 0 Å². The van der Waals surface area contributed by atoms with E-state index in [-0.39, 0.29) is 49.1 Å². The number of benzene rings is 1. The van der Waals surface area contributed by atoms with Crippen LogP contribution in [0.1, 0.15) is 55.6 Å². The minimum Gasteiger partial charge on any atom is -0.480 e. The van der Waals surface area contributed by atoms with Gasteiger partial charge in [-0.2, -0.15) is 22.8 Å². The Labute approximate surface area is 265 Å². The summed E-state index contributed by atoms with van der Waals surface area (Å²) in [4.78, 5) is 19.5. The number of carbonyl (C=O) groups excluding carboxylic acids is 1. The highest BCUT2D eigenvalue weighted by Gasteiger charge is 2.41. The van der Waals surface area contributed by atoms with E-state index < -0.39 is 24.5 Å². The molecular formula is C33H40F4N4O5. The number of fused-ring (bicyclic) bond motifs is 1. The van der Waals surface area contributed by atoms with E-state index in [1.54, 1.807) is 23.6 Å². The number of hydrogen-bond donors (Lipinski definition) is 0. The number of anilines is 1. The Morgan fingerprint density at radius 1 is 1.15 bits per heavy atom. The summed E-state index contributed by atoms with van der Waals surface area (Å²) in [5.74, 6) is -0.659. The van der Waals surface area contributed by atoms with Gasteiger partial charge in [0.05, 0.1) is 44.1 Å². The quantitative estimate of drug-likeness (QED) is 0.106. The SMILES string of the molecule is C=CCOC1(C)CCN(c2c(CC(=O)OCC)c(C)nc3cc(COCc4ccc(F)cc4OC(CC=C)C(F)(F)F)nn23)CC1. The molecule has 1 unspecified atom stereocenters. The summed E-state index contributed by atoms with van der Waals surface area (Å²) < 4.78 is 78.3. The third-order valence-corrected chi connectivity index (χ3v) is 7.78. The smallest absolute Gasteiger partial charge is 0.425 e. The first kappa shape index (κ1) is 34.9. The van der Waals surface area contributed by atoms with Gasteiger partial charge in [0.1, 0.15) is 17.4 Å². The monoisotopic (exact) mass is 648 g/mol. The number of hydrogen-bond acceptors (Lipinski definition) is 8. The average Bonchev–Trinajstić information content (AvgIpc) is 3.39. The van der Waals surface area contributed by atoms with Crippen molar-refractivity contribution in [3.8, 4) is 5.75 Å². The fourth-order valence-corrected chi connectivity index (χ4v) is 5.31. The Balaban J connectivity index is 1.58. The predicted molar refractivity (Wildman–Crippen MR) is 164 cm³/mol. The first-order valence-corrected chi connectivity index (χ1v) is 15.1. The zero-order valence-electron chi connectivity index (χ0n) is 26.4. The number of halogens is 4. The van der Waals surface area contributed by atoms with Crippen molar-refractivity contribution in [1.82, 2.24) is 14.6 Å². The maximum atomic E-state index is 14.0. The number of esters is 1. The number of rotatable bonds is 15. The van der Waals surface area contributed by atoms with E-state index in [0.717, 1.165) is 36.9 Å². The van der Waals surface area contributed by atoms with Gasteiger partial charge in [-0.15, -0.1) is 13.2 Å². The van der Waals surface area contributed by atoms with Crippen molar-refractivity contribution in [3.63, 3.8) is 0 Å². The van der Waals surface area contributed by atoms with Crippen molar-refractivity contribution in [2.75, 3.05) is 31.2 Å². The van der Waals surface area contributed by atoms with Crippen LogP contribution in [-0.2, 0) is 38.6 Å². The molecule has 0 amide bonds. The largest absolute Gasteiger partial charge is 0.480 e. The molecule has 0 aliphatic carbocycles. The lowest BCUT2D eigenvalue weighted by Gasteiger charge is -2.40. The molecule has 1 fully saturated rings. The maximum absolute atomic E-state index is 14.0.